The third-order valence-corrected chi connectivity index (χ3v) is 5.62. The third kappa shape index (κ3) is 3.96. The predicted octanol–water partition coefficient (Wildman–Crippen LogP) is 5.98. The van der Waals surface area contributed by atoms with Gasteiger partial charge in [-0.1, -0.05) is 29.3 Å². The van der Waals surface area contributed by atoms with Crippen molar-refractivity contribution < 1.29 is 0 Å². The summed E-state index contributed by atoms with van der Waals surface area (Å²) in [5.74, 6) is 0. The van der Waals surface area contributed by atoms with E-state index < -0.39 is 0 Å². The van der Waals surface area contributed by atoms with Crippen LogP contribution in [0.4, 0.5) is 0 Å². The molecule has 1 unspecified atom stereocenters. The summed E-state index contributed by atoms with van der Waals surface area (Å²) in [6.07, 6.45) is 0. The smallest absolute Gasteiger partial charge is 0.0468 e. The van der Waals surface area contributed by atoms with Crippen LogP contribution in [0.25, 0.3) is 0 Å². The van der Waals surface area contributed by atoms with Gasteiger partial charge in [0.1, 0.15) is 0 Å². The van der Waals surface area contributed by atoms with Crippen molar-refractivity contribution >= 4 is 50.5 Å². The second-order valence-electron chi connectivity index (χ2n) is 4.39. The molecule has 0 aliphatic rings. The minimum Gasteiger partial charge on any atom is -0.305 e. The summed E-state index contributed by atoms with van der Waals surface area (Å²) in [4.78, 5) is 2.61. The molecule has 0 amide bonds. The monoisotopic (exact) mass is 377 g/mol. The molecule has 0 fully saturated rings. The molecular weight excluding hydrogens is 365 g/mol. The molecule has 0 saturated carbocycles. The number of rotatable bonds is 4. The van der Waals surface area contributed by atoms with Gasteiger partial charge < -0.3 is 5.32 Å². The van der Waals surface area contributed by atoms with Crippen LogP contribution >= 0.6 is 50.5 Å². The molecule has 1 N–H and O–H groups in total. The summed E-state index contributed by atoms with van der Waals surface area (Å²) in [7, 11) is 0. The number of aryl methyl sites for hydroxylation is 1. The van der Waals surface area contributed by atoms with Gasteiger partial charge >= 0.3 is 0 Å². The summed E-state index contributed by atoms with van der Waals surface area (Å²) in [6, 6.07) is 7.96. The highest BCUT2D eigenvalue weighted by molar-refractivity contribution is 9.10. The Balaban J connectivity index is 2.03. The third-order valence-electron chi connectivity index (χ3n) is 2.92. The average molecular weight is 379 g/mol. The molecule has 0 aliphatic carbocycles. The second-order valence-corrected chi connectivity index (χ2v) is 7.42. The normalized spacial score (nSPS) is 12.7. The Hall–Kier alpha value is -0.0600. The Morgan fingerprint density at radius 2 is 2.05 bits per heavy atom. The first-order valence-corrected chi connectivity index (χ1v) is 8.27. The van der Waals surface area contributed by atoms with E-state index in [1.165, 1.54) is 14.2 Å². The van der Waals surface area contributed by atoms with E-state index in [-0.39, 0.29) is 6.04 Å². The molecule has 0 saturated heterocycles. The fourth-order valence-electron chi connectivity index (χ4n) is 1.82. The molecule has 2 rings (SSSR count). The molecule has 5 heteroatoms. The van der Waals surface area contributed by atoms with Crippen LogP contribution in [0, 0.1) is 6.92 Å². The van der Waals surface area contributed by atoms with Crippen LogP contribution in [-0.2, 0) is 6.54 Å². The zero-order valence-corrected chi connectivity index (χ0v) is 14.6. The highest BCUT2D eigenvalue weighted by Gasteiger charge is 2.10. The summed E-state index contributed by atoms with van der Waals surface area (Å²) in [5, 5.41) is 4.85. The average Bonchev–Trinajstić information content (AvgIpc) is 2.66. The van der Waals surface area contributed by atoms with Gasteiger partial charge in [-0.25, -0.2) is 0 Å². The molecule has 19 heavy (non-hydrogen) atoms. The van der Waals surface area contributed by atoms with Crippen molar-refractivity contribution in [2.45, 2.75) is 26.4 Å². The molecule has 0 aliphatic heterocycles. The van der Waals surface area contributed by atoms with Gasteiger partial charge in [-0.15, -0.1) is 11.3 Å². The molecule has 0 radical (unpaired) electrons. The molecular formula is C14H14BrCl2NS. The van der Waals surface area contributed by atoms with E-state index in [0.29, 0.717) is 10.0 Å². The van der Waals surface area contributed by atoms with Crippen LogP contribution in [0.5, 0.6) is 0 Å². The SMILES string of the molecule is Cc1sc(CNC(C)c2ccc(Cl)cc2Cl)cc1Br. The predicted molar refractivity (Wildman–Crippen MR) is 88.5 cm³/mol. The van der Waals surface area contributed by atoms with Gasteiger partial charge in [0.25, 0.3) is 0 Å². The maximum absolute atomic E-state index is 6.21. The minimum absolute atomic E-state index is 0.186. The van der Waals surface area contributed by atoms with Crippen LogP contribution in [0.3, 0.4) is 0 Å². The van der Waals surface area contributed by atoms with E-state index in [9.17, 15) is 0 Å². The van der Waals surface area contributed by atoms with Gasteiger partial charge in [0.2, 0.25) is 0 Å². The summed E-state index contributed by atoms with van der Waals surface area (Å²) < 4.78 is 1.17. The van der Waals surface area contributed by atoms with E-state index >= 15 is 0 Å². The Labute approximate surface area is 136 Å². The van der Waals surface area contributed by atoms with Crippen molar-refractivity contribution in [1.29, 1.82) is 0 Å². The Morgan fingerprint density at radius 3 is 2.63 bits per heavy atom. The van der Waals surface area contributed by atoms with Crippen molar-refractivity contribution in [3.05, 3.63) is 54.1 Å². The maximum atomic E-state index is 6.21. The van der Waals surface area contributed by atoms with E-state index in [0.717, 1.165) is 12.1 Å². The number of hydrogen-bond donors (Lipinski definition) is 1. The fraction of sp³-hybridized carbons (Fsp3) is 0.286. The topological polar surface area (TPSA) is 12.0 Å². The largest absolute Gasteiger partial charge is 0.305 e. The van der Waals surface area contributed by atoms with Crippen LogP contribution in [0.1, 0.15) is 28.3 Å². The first-order chi connectivity index (χ1) is 8.97. The molecule has 1 aromatic heterocycles. The van der Waals surface area contributed by atoms with Gasteiger partial charge in [-0.3, -0.25) is 0 Å². The maximum Gasteiger partial charge on any atom is 0.0468 e. The summed E-state index contributed by atoms with van der Waals surface area (Å²) in [6.45, 7) is 5.04. The second kappa shape index (κ2) is 6.59. The van der Waals surface area contributed by atoms with Crippen LogP contribution in [0.2, 0.25) is 10.0 Å². The Kier molecular flexibility index (Phi) is 5.32. The molecule has 1 atom stereocenters. The fourth-order valence-corrected chi connectivity index (χ4v) is 3.95. The standard InChI is InChI=1S/C14H14BrCl2NS/c1-8(12-4-3-10(16)5-14(12)17)18-7-11-6-13(15)9(2)19-11/h3-6,8,18H,7H2,1-2H3. The van der Waals surface area contributed by atoms with Crippen molar-refractivity contribution in [3.63, 3.8) is 0 Å². The molecule has 2 aromatic rings. The number of halogens is 3. The Morgan fingerprint density at radius 1 is 1.32 bits per heavy atom. The first kappa shape index (κ1) is 15.3. The number of hydrogen-bond acceptors (Lipinski definition) is 2. The van der Waals surface area contributed by atoms with Crippen LogP contribution in [0.15, 0.2) is 28.7 Å². The zero-order valence-electron chi connectivity index (χ0n) is 10.6. The molecule has 102 valence electrons. The van der Waals surface area contributed by atoms with Gasteiger partial charge in [-0.2, -0.15) is 0 Å². The lowest BCUT2D eigenvalue weighted by Gasteiger charge is -2.15. The van der Waals surface area contributed by atoms with Gasteiger partial charge in [-0.05, 0) is 53.5 Å². The lowest BCUT2D eigenvalue weighted by atomic mass is 10.1. The van der Waals surface area contributed by atoms with Crippen molar-refractivity contribution in [3.8, 4) is 0 Å². The van der Waals surface area contributed by atoms with Crippen LogP contribution < -0.4 is 5.32 Å². The van der Waals surface area contributed by atoms with Crippen LogP contribution in [-0.4, -0.2) is 0 Å². The lowest BCUT2D eigenvalue weighted by molar-refractivity contribution is 0.579. The number of thiophene rings is 1. The van der Waals surface area contributed by atoms with Crippen molar-refractivity contribution in [2.24, 2.45) is 0 Å². The molecule has 1 aromatic carbocycles. The van der Waals surface area contributed by atoms with Crippen molar-refractivity contribution in [2.75, 3.05) is 0 Å². The van der Waals surface area contributed by atoms with Gasteiger partial charge in [0.15, 0.2) is 0 Å². The van der Waals surface area contributed by atoms with E-state index in [1.807, 2.05) is 12.1 Å². The van der Waals surface area contributed by atoms with Gasteiger partial charge in [0, 0.05) is 36.9 Å². The van der Waals surface area contributed by atoms with E-state index in [1.54, 1.807) is 17.4 Å². The van der Waals surface area contributed by atoms with Crippen molar-refractivity contribution in [1.82, 2.24) is 5.32 Å². The highest BCUT2D eigenvalue weighted by atomic mass is 79.9. The molecule has 1 nitrogen and oxygen atoms in total. The summed E-state index contributed by atoms with van der Waals surface area (Å²) in [5.41, 5.74) is 1.07. The van der Waals surface area contributed by atoms with E-state index in [4.69, 9.17) is 23.2 Å². The first-order valence-electron chi connectivity index (χ1n) is 5.90. The van der Waals surface area contributed by atoms with E-state index in [2.05, 4.69) is 41.2 Å². The minimum atomic E-state index is 0.186. The quantitative estimate of drug-likeness (QED) is 0.690. The highest BCUT2D eigenvalue weighted by Crippen LogP contribution is 2.28. The molecule has 0 spiro atoms. The van der Waals surface area contributed by atoms with Gasteiger partial charge in [0.05, 0.1) is 0 Å². The lowest BCUT2D eigenvalue weighted by Crippen LogP contribution is -2.17. The Bertz CT molecular complexity index is 563. The number of nitrogens with one attached hydrogen (secondary N) is 1. The zero-order chi connectivity index (χ0) is 14.0. The summed E-state index contributed by atoms with van der Waals surface area (Å²) >= 11 is 17.4. The number of benzene rings is 1. The molecule has 0 bridgehead atoms. The molecule has 1 heterocycles.